The van der Waals surface area contributed by atoms with Crippen molar-refractivity contribution in [2.45, 2.75) is 6.10 Å². The summed E-state index contributed by atoms with van der Waals surface area (Å²) in [5, 5.41) is 16.8. The highest BCUT2D eigenvalue weighted by Gasteiger charge is 2.25. The summed E-state index contributed by atoms with van der Waals surface area (Å²) in [5.74, 6) is -0.137. The first-order valence-electron chi connectivity index (χ1n) is 8.70. The van der Waals surface area contributed by atoms with Crippen LogP contribution in [0.1, 0.15) is 10.4 Å². The average molecular weight is 348 g/mol. The van der Waals surface area contributed by atoms with Gasteiger partial charge in [0.2, 0.25) is 0 Å². The Morgan fingerprint density at radius 2 is 2.00 bits per heavy atom. The van der Waals surface area contributed by atoms with Crippen LogP contribution in [0.25, 0.3) is 22.3 Å². The van der Waals surface area contributed by atoms with E-state index < -0.39 is 6.10 Å². The van der Waals surface area contributed by atoms with Crippen molar-refractivity contribution in [2.24, 2.45) is 5.92 Å². The maximum Gasteiger partial charge on any atom is 0.252 e. The molecule has 2 atom stereocenters. The van der Waals surface area contributed by atoms with Crippen molar-refractivity contribution in [1.29, 1.82) is 0 Å². The fourth-order valence-electron chi connectivity index (χ4n) is 3.26. The van der Waals surface area contributed by atoms with E-state index in [0.29, 0.717) is 30.9 Å². The Bertz CT molecular complexity index is 930. The van der Waals surface area contributed by atoms with E-state index in [0.717, 1.165) is 16.6 Å². The number of nitrogens with one attached hydrogen (secondary N) is 2. The Balaban J connectivity index is 1.67. The van der Waals surface area contributed by atoms with Crippen molar-refractivity contribution in [1.82, 2.24) is 20.6 Å². The number of benzene rings is 1. The summed E-state index contributed by atoms with van der Waals surface area (Å²) in [7, 11) is 0. The number of rotatable bonds is 4. The summed E-state index contributed by atoms with van der Waals surface area (Å²) in [6, 6.07) is 15.0. The third kappa shape index (κ3) is 3.29. The smallest absolute Gasteiger partial charge is 0.252 e. The largest absolute Gasteiger partial charge is 0.391 e. The highest BCUT2D eigenvalue weighted by atomic mass is 16.3. The van der Waals surface area contributed by atoms with Crippen molar-refractivity contribution < 1.29 is 9.90 Å². The highest BCUT2D eigenvalue weighted by Crippen LogP contribution is 2.23. The van der Waals surface area contributed by atoms with Gasteiger partial charge in [0, 0.05) is 37.1 Å². The van der Waals surface area contributed by atoms with Crippen LogP contribution < -0.4 is 10.6 Å². The molecule has 1 saturated heterocycles. The van der Waals surface area contributed by atoms with E-state index in [9.17, 15) is 9.90 Å². The standard InChI is InChI=1S/C20H20N4O2/c25-19-12-21-10-13(19)11-23-20(26)15-9-18(17-7-3-4-8-22-17)24-16-6-2-1-5-14(15)16/h1-9,13,19,21,25H,10-12H2,(H,23,26). The van der Waals surface area contributed by atoms with Gasteiger partial charge in [-0.05, 0) is 24.3 Å². The molecule has 26 heavy (non-hydrogen) atoms. The van der Waals surface area contributed by atoms with E-state index in [-0.39, 0.29) is 11.8 Å². The summed E-state index contributed by atoms with van der Waals surface area (Å²) >= 11 is 0. The highest BCUT2D eigenvalue weighted by molar-refractivity contribution is 6.07. The Morgan fingerprint density at radius 3 is 2.77 bits per heavy atom. The Morgan fingerprint density at radius 1 is 1.15 bits per heavy atom. The lowest BCUT2D eigenvalue weighted by atomic mass is 10.0. The van der Waals surface area contributed by atoms with Gasteiger partial charge in [-0.1, -0.05) is 24.3 Å². The quantitative estimate of drug-likeness (QED) is 0.667. The minimum absolute atomic E-state index is 0.0299. The first-order valence-corrected chi connectivity index (χ1v) is 8.70. The number of hydrogen-bond acceptors (Lipinski definition) is 5. The van der Waals surface area contributed by atoms with Crippen molar-refractivity contribution >= 4 is 16.8 Å². The van der Waals surface area contributed by atoms with Gasteiger partial charge in [-0.3, -0.25) is 9.78 Å². The molecule has 6 nitrogen and oxygen atoms in total. The van der Waals surface area contributed by atoms with E-state index in [4.69, 9.17) is 0 Å². The number of nitrogens with zero attached hydrogens (tertiary/aromatic N) is 2. The molecule has 0 spiro atoms. The molecule has 0 saturated carbocycles. The number of amides is 1. The predicted molar refractivity (Wildman–Crippen MR) is 99.7 cm³/mol. The van der Waals surface area contributed by atoms with E-state index in [1.165, 1.54) is 0 Å². The van der Waals surface area contributed by atoms with Crippen LogP contribution >= 0.6 is 0 Å². The molecule has 1 fully saturated rings. The zero-order valence-corrected chi connectivity index (χ0v) is 14.2. The maximum atomic E-state index is 12.8. The molecular formula is C20H20N4O2. The first kappa shape index (κ1) is 16.6. The molecule has 1 aliphatic rings. The molecule has 6 heteroatoms. The van der Waals surface area contributed by atoms with Gasteiger partial charge in [0.15, 0.2) is 0 Å². The molecule has 1 aromatic carbocycles. The number of aliphatic hydroxyl groups excluding tert-OH is 1. The van der Waals surface area contributed by atoms with Crippen LogP contribution in [0.5, 0.6) is 0 Å². The molecule has 0 radical (unpaired) electrons. The Labute approximate surface area is 151 Å². The molecule has 3 heterocycles. The number of hydrogen-bond donors (Lipinski definition) is 3. The van der Waals surface area contributed by atoms with E-state index in [2.05, 4.69) is 20.6 Å². The van der Waals surface area contributed by atoms with Gasteiger partial charge in [-0.25, -0.2) is 4.98 Å². The summed E-state index contributed by atoms with van der Waals surface area (Å²) in [5.41, 5.74) is 2.71. The van der Waals surface area contributed by atoms with E-state index in [1.807, 2.05) is 42.5 Å². The number of fused-ring (bicyclic) bond motifs is 1. The Hall–Kier alpha value is -2.83. The molecule has 0 bridgehead atoms. The maximum absolute atomic E-state index is 12.8. The number of β-amino-alcohol motifs (C(OH)–C–C–N with tert-alkyl or cyclic N) is 1. The summed E-state index contributed by atoms with van der Waals surface area (Å²) in [4.78, 5) is 21.8. The van der Waals surface area contributed by atoms with Crippen LogP contribution in [0.4, 0.5) is 0 Å². The second-order valence-corrected chi connectivity index (χ2v) is 6.48. The molecule has 1 aliphatic heterocycles. The molecule has 4 rings (SSSR count). The number of carbonyl (C=O) groups is 1. The zero-order chi connectivity index (χ0) is 17.9. The molecule has 0 aliphatic carbocycles. The minimum atomic E-state index is -0.423. The number of aliphatic hydroxyl groups is 1. The second-order valence-electron chi connectivity index (χ2n) is 6.48. The third-order valence-corrected chi connectivity index (χ3v) is 4.72. The summed E-state index contributed by atoms with van der Waals surface area (Å²) in [6.45, 7) is 1.71. The molecule has 132 valence electrons. The lowest BCUT2D eigenvalue weighted by Crippen LogP contribution is -2.34. The average Bonchev–Trinajstić information content (AvgIpc) is 3.10. The van der Waals surface area contributed by atoms with Crippen molar-refractivity contribution in [3.8, 4) is 11.4 Å². The number of carbonyl (C=O) groups excluding carboxylic acids is 1. The van der Waals surface area contributed by atoms with Crippen molar-refractivity contribution in [3.05, 3.63) is 60.3 Å². The number of pyridine rings is 2. The summed E-state index contributed by atoms with van der Waals surface area (Å²) in [6.07, 6.45) is 1.29. The lowest BCUT2D eigenvalue weighted by Gasteiger charge is -2.15. The molecular weight excluding hydrogens is 328 g/mol. The zero-order valence-electron chi connectivity index (χ0n) is 14.2. The lowest BCUT2D eigenvalue weighted by molar-refractivity contribution is 0.0928. The number of aromatic nitrogens is 2. The van der Waals surface area contributed by atoms with Crippen LogP contribution in [0.3, 0.4) is 0 Å². The van der Waals surface area contributed by atoms with Crippen LogP contribution in [0.2, 0.25) is 0 Å². The molecule has 2 unspecified atom stereocenters. The molecule has 3 aromatic rings. The van der Waals surface area contributed by atoms with Crippen molar-refractivity contribution in [3.63, 3.8) is 0 Å². The summed E-state index contributed by atoms with van der Waals surface area (Å²) < 4.78 is 0. The van der Waals surface area contributed by atoms with Crippen molar-refractivity contribution in [2.75, 3.05) is 19.6 Å². The van der Waals surface area contributed by atoms with Gasteiger partial charge in [0.25, 0.3) is 5.91 Å². The number of para-hydroxylation sites is 1. The van der Waals surface area contributed by atoms with Gasteiger partial charge in [-0.2, -0.15) is 0 Å². The first-order chi connectivity index (χ1) is 12.7. The topological polar surface area (TPSA) is 87.1 Å². The van der Waals surface area contributed by atoms with Gasteiger partial charge in [0.1, 0.15) is 0 Å². The van der Waals surface area contributed by atoms with Gasteiger partial charge < -0.3 is 15.7 Å². The monoisotopic (exact) mass is 348 g/mol. The fraction of sp³-hybridized carbons (Fsp3) is 0.250. The molecule has 2 aromatic heterocycles. The fourth-order valence-corrected chi connectivity index (χ4v) is 3.26. The Kier molecular flexibility index (Phi) is 4.60. The normalized spacial score (nSPS) is 19.6. The third-order valence-electron chi connectivity index (χ3n) is 4.72. The molecule has 3 N–H and O–H groups in total. The van der Waals surface area contributed by atoms with E-state index in [1.54, 1.807) is 12.3 Å². The van der Waals surface area contributed by atoms with Crippen LogP contribution in [0, 0.1) is 5.92 Å². The van der Waals surface area contributed by atoms with Gasteiger partial charge in [0.05, 0.1) is 28.6 Å². The van der Waals surface area contributed by atoms with Crippen LogP contribution in [-0.2, 0) is 0 Å². The second kappa shape index (κ2) is 7.19. The molecule has 1 amide bonds. The SMILES string of the molecule is O=C(NCC1CNCC1O)c1cc(-c2ccccn2)nc2ccccc12. The predicted octanol–water partition coefficient (Wildman–Crippen LogP) is 1.61. The van der Waals surface area contributed by atoms with Crippen LogP contribution in [-0.4, -0.2) is 46.7 Å². The van der Waals surface area contributed by atoms with E-state index >= 15 is 0 Å². The van der Waals surface area contributed by atoms with Crippen LogP contribution in [0.15, 0.2) is 54.7 Å². The minimum Gasteiger partial charge on any atom is -0.391 e. The van der Waals surface area contributed by atoms with Gasteiger partial charge in [-0.15, -0.1) is 0 Å². The van der Waals surface area contributed by atoms with Gasteiger partial charge >= 0.3 is 0 Å².